The zero-order chi connectivity index (χ0) is 19.3. The topological polar surface area (TPSA) is 69.8 Å². The molecule has 0 saturated heterocycles. The van der Waals surface area contributed by atoms with E-state index in [2.05, 4.69) is 54.1 Å². The highest BCUT2D eigenvalue weighted by molar-refractivity contribution is 5.76. The molecule has 3 aliphatic rings. The molecule has 0 bridgehead atoms. The van der Waals surface area contributed by atoms with E-state index in [1.807, 2.05) is 6.20 Å². The fourth-order valence-electron chi connectivity index (χ4n) is 5.26. The lowest BCUT2D eigenvalue weighted by Crippen LogP contribution is -2.29. The maximum atomic E-state index is 9.66. The Morgan fingerprint density at radius 1 is 1.32 bits per heavy atom. The summed E-state index contributed by atoms with van der Waals surface area (Å²) in [4.78, 5) is 8.25. The Hall–Kier alpha value is -2.61. The third-order valence-electron chi connectivity index (χ3n) is 6.96. The van der Waals surface area contributed by atoms with Gasteiger partial charge in [-0.15, -0.1) is 0 Å². The van der Waals surface area contributed by atoms with Crippen molar-refractivity contribution in [2.75, 3.05) is 0 Å². The first kappa shape index (κ1) is 17.5. The molecule has 5 rings (SSSR count). The summed E-state index contributed by atoms with van der Waals surface area (Å²) >= 11 is 0. The number of nitrogens with zero attached hydrogens (tertiary/aromatic N) is 4. The molecule has 3 heterocycles. The first-order chi connectivity index (χ1) is 13.6. The molecule has 0 spiro atoms. The number of aliphatic imine (C=N–C) groups is 1. The summed E-state index contributed by atoms with van der Waals surface area (Å²) in [7, 11) is 0. The molecule has 2 unspecified atom stereocenters. The number of nitriles is 1. The number of H-pyrrole nitrogens is 1. The largest absolute Gasteiger partial charge is 0.361 e. The molecule has 0 aromatic carbocycles. The highest BCUT2D eigenvalue weighted by Gasteiger charge is 2.62. The summed E-state index contributed by atoms with van der Waals surface area (Å²) in [6.07, 6.45) is 15.4. The van der Waals surface area contributed by atoms with E-state index in [0.717, 1.165) is 40.4 Å². The van der Waals surface area contributed by atoms with Crippen LogP contribution in [0.3, 0.4) is 0 Å². The first-order valence-electron chi connectivity index (χ1n) is 10.5. The van der Waals surface area contributed by atoms with Crippen LogP contribution in [0.5, 0.6) is 0 Å². The van der Waals surface area contributed by atoms with Gasteiger partial charge in [-0.2, -0.15) is 10.4 Å². The minimum Gasteiger partial charge on any atom is -0.361 e. The second-order valence-electron chi connectivity index (χ2n) is 8.78. The summed E-state index contributed by atoms with van der Waals surface area (Å²) < 4.78 is 2.14. The predicted octanol–water partition coefficient (Wildman–Crippen LogP) is 3.00. The Balaban J connectivity index is 1.65. The minimum atomic E-state index is -0.0967. The average Bonchev–Trinajstić information content (AvgIpc) is 3.12. The van der Waals surface area contributed by atoms with Crippen molar-refractivity contribution in [1.29, 1.82) is 5.26 Å². The van der Waals surface area contributed by atoms with Crippen LogP contribution in [0.4, 0.5) is 0 Å². The smallest absolute Gasteiger partial charge is 0.0827 e. The van der Waals surface area contributed by atoms with Crippen molar-refractivity contribution in [2.45, 2.75) is 57.9 Å². The van der Waals surface area contributed by atoms with Crippen molar-refractivity contribution in [1.82, 2.24) is 14.8 Å². The van der Waals surface area contributed by atoms with E-state index in [9.17, 15) is 5.26 Å². The van der Waals surface area contributed by atoms with Crippen LogP contribution in [0.1, 0.15) is 56.7 Å². The number of aryl methyl sites for hydroxylation is 1. The van der Waals surface area contributed by atoms with Crippen LogP contribution in [0.15, 0.2) is 23.5 Å². The molecule has 3 atom stereocenters. The van der Waals surface area contributed by atoms with Gasteiger partial charge >= 0.3 is 0 Å². The van der Waals surface area contributed by atoms with Crippen LogP contribution in [-0.2, 0) is 5.54 Å². The Morgan fingerprint density at radius 3 is 2.89 bits per heavy atom. The average molecular weight is 374 g/mol. The van der Waals surface area contributed by atoms with E-state index in [-0.39, 0.29) is 11.5 Å². The van der Waals surface area contributed by atoms with E-state index in [1.165, 1.54) is 25.7 Å². The Kier molecular flexibility index (Phi) is 4.04. The molecule has 2 aromatic rings. The van der Waals surface area contributed by atoms with Gasteiger partial charge in [-0.3, -0.25) is 9.67 Å². The van der Waals surface area contributed by atoms with E-state index in [4.69, 9.17) is 10.1 Å². The van der Waals surface area contributed by atoms with Gasteiger partial charge in [0.05, 0.1) is 28.9 Å². The lowest BCUT2D eigenvalue weighted by Gasteiger charge is -2.24. The Bertz CT molecular complexity index is 1090. The highest BCUT2D eigenvalue weighted by Crippen LogP contribution is 2.59. The second kappa shape index (κ2) is 6.48. The molecule has 5 heteroatoms. The standard InChI is InChI=1S/C23H27N5/c1-15-7-8-21-19(9-10-25-21)22(26-13-15)20-14-28(27-16(20)2)23(11-18(23)12-24)17-5-3-4-6-17/h8-10,13-15,17-18,25H,3-7,11H2,1-2H3/t15?,18?,23-/m0/s1. The number of hydrogen-bond acceptors (Lipinski definition) is 3. The van der Waals surface area contributed by atoms with Crippen LogP contribution in [0, 0.1) is 36.0 Å². The second-order valence-corrected chi connectivity index (χ2v) is 8.78. The number of aromatic amines is 1. The summed E-state index contributed by atoms with van der Waals surface area (Å²) in [5.74, 6) is 1.06. The first-order valence-corrected chi connectivity index (χ1v) is 10.5. The van der Waals surface area contributed by atoms with Crippen molar-refractivity contribution < 1.29 is 0 Å². The molecule has 0 radical (unpaired) electrons. The number of fused-ring (bicyclic) bond motifs is 1. The van der Waals surface area contributed by atoms with Crippen LogP contribution in [0.2, 0.25) is 0 Å². The summed E-state index contributed by atoms with van der Waals surface area (Å²) in [6.45, 7) is 4.26. The lowest BCUT2D eigenvalue weighted by atomic mass is 9.93. The molecule has 1 N–H and O–H groups in total. The maximum absolute atomic E-state index is 9.66. The highest BCUT2D eigenvalue weighted by atomic mass is 15.4. The van der Waals surface area contributed by atoms with Gasteiger partial charge in [0.2, 0.25) is 0 Å². The third kappa shape index (κ3) is 2.58. The summed E-state index contributed by atoms with van der Waals surface area (Å²) in [5.41, 5.74) is 2.97. The fourth-order valence-corrected chi connectivity index (χ4v) is 5.26. The molecule has 2 fully saturated rings. The van der Waals surface area contributed by atoms with Crippen LogP contribution >= 0.6 is 0 Å². The van der Waals surface area contributed by atoms with Crippen molar-refractivity contribution in [3.8, 4) is 6.07 Å². The molecule has 1 aliphatic heterocycles. The number of hydrogen-bond donors (Lipinski definition) is 1. The quantitative estimate of drug-likeness (QED) is 0.898. The van der Waals surface area contributed by atoms with Crippen LogP contribution in [0.25, 0.3) is 11.8 Å². The minimum absolute atomic E-state index is 0.0877. The van der Waals surface area contributed by atoms with Crippen LogP contribution in [-0.4, -0.2) is 21.0 Å². The monoisotopic (exact) mass is 373 g/mol. The predicted molar refractivity (Wildman–Crippen MR) is 110 cm³/mol. The van der Waals surface area contributed by atoms with Crippen LogP contribution < -0.4 is 10.6 Å². The van der Waals surface area contributed by atoms with E-state index < -0.39 is 0 Å². The Labute approximate surface area is 165 Å². The van der Waals surface area contributed by atoms with Gasteiger partial charge in [-0.05, 0) is 50.5 Å². The van der Waals surface area contributed by atoms with Gasteiger partial charge in [-0.25, -0.2) is 0 Å². The molecule has 28 heavy (non-hydrogen) atoms. The number of nitrogens with one attached hydrogen (secondary N) is 1. The lowest BCUT2D eigenvalue weighted by molar-refractivity contribution is 0.269. The fraction of sp³-hybridized carbons (Fsp3) is 0.522. The van der Waals surface area contributed by atoms with Crippen molar-refractivity contribution >= 4 is 18.0 Å². The number of aromatic nitrogens is 3. The molecule has 144 valence electrons. The maximum Gasteiger partial charge on any atom is 0.0827 e. The number of rotatable bonds is 3. The molecule has 2 aliphatic carbocycles. The van der Waals surface area contributed by atoms with Crippen molar-refractivity contribution in [3.63, 3.8) is 0 Å². The normalized spacial score (nSPS) is 29.7. The molecule has 5 nitrogen and oxygen atoms in total. The van der Waals surface area contributed by atoms with Gasteiger partial charge in [0.1, 0.15) is 0 Å². The molecular formula is C23H27N5. The Morgan fingerprint density at radius 2 is 2.14 bits per heavy atom. The zero-order valence-electron chi connectivity index (χ0n) is 16.7. The summed E-state index contributed by atoms with van der Waals surface area (Å²) in [6, 6.07) is 4.65. The van der Waals surface area contributed by atoms with Crippen molar-refractivity contribution in [2.24, 2.45) is 22.7 Å². The molecule has 2 saturated carbocycles. The van der Waals surface area contributed by atoms with Gasteiger partial charge in [0, 0.05) is 34.7 Å². The molecule has 2 aromatic heterocycles. The zero-order valence-corrected chi connectivity index (χ0v) is 16.7. The van der Waals surface area contributed by atoms with Gasteiger partial charge in [0.15, 0.2) is 0 Å². The van der Waals surface area contributed by atoms with Crippen molar-refractivity contribution in [3.05, 3.63) is 40.3 Å². The van der Waals surface area contributed by atoms with Gasteiger partial charge < -0.3 is 4.98 Å². The van der Waals surface area contributed by atoms with Gasteiger partial charge in [-0.1, -0.05) is 25.8 Å². The molecular weight excluding hydrogens is 346 g/mol. The van der Waals surface area contributed by atoms with E-state index in [1.54, 1.807) is 0 Å². The van der Waals surface area contributed by atoms with E-state index >= 15 is 0 Å². The molecule has 0 amide bonds. The van der Waals surface area contributed by atoms with E-state index in [0.29, 0.717) is 11.8 Å². The van der Waals surface area contributed by atoms with Gasteiger partial charge in [0.25, 0.3) is 0 Å². The SMILES string of the molecule is Cc1nn([C@]2(C3CCCC3)CC2C#N)cc1C1=c2cc[nH]c2=CCC(C)C=N1. The summed E-state index contributed by atoms with van der Waals surface area (Å²) in [5, 5.41) is 16.9. The third-order valence-corrected chi connectivity index (χ3v) is 6.96.